The highest BCUT2D eigenvalue weighted by Crippen LogP contribution is 2.29. The molecule has 0 radical (unpaired) electrons. The molecule has 1 unspecified atom stereocenters. The van der Waals surface area contributed by atoms with Crippen LogP contribution in [0.4, 0.5) is 0 Å². The van der Waals surface area contributed by atoms with Crippen LogP contribution in [0, 0.1) is 5.92 Å². The highest BCUT2D eigenvalue weighted by molar-refractivity contribution is 8.00. The van der Waals surface area contributed by atoms with Crippen LogP contribution in [0.1, 0.15) is 27.2 Å². The van der Waals surface area contributed by atoms with E-state index < -0.39 is 0 Å². The van der Waals surface area contributed by atoms with Crippen molar-refractivity contribution in [3.05, 3.63) is 0 Å². The summed E-state index contributed by atoms with van der Waals surface area (Å²) in [4.78, 5) is 2.59. The van der Waals surface area contributed by atoms with Crippen LogP contribution < -0.4 is 5.73 Å². The van der Waals surface area contributed by atoms with E-state index in [1.807, 2.05) is 0 Å². The molecule has 0 spiro atoms. The lowest BCUT2D eigenvalue weighted by Gasteiger charge is -2.38. The minimum Gasteiger partial charge on any atom is -0.330 e. The van der Waals surface area contributed by atoms with Crippen molar-refractivity contribution in [2.75, 3.05) is 31.9 Å². The Bertz CT molecular complexity index is 171. The summed E-state index contributed by atoms with van der Waals surface area (Å²) >= 11 is 2.10. The third-order valence-corrected chi connectivity index (χ3v) is 4.03. The van der Waals surface area contributed by atoms with Crippen molar-refractivity contribution in [3.8, 4) is 0 Å². The minimum absolute atomic E-state index is 0.445. The SMILES string of the molecule is CC(CCN)CN1CCSC(C)(C)C1. The van der Waals surface area contributed by atoms with E-state index in [0.29, 0.717) is 4.75 Å². The van der Waals surface area contributed by atoms with Crippen molar-refractivity contribution in [1.82, 2.24) is 4.90 Å². The summed E-state index contributed by atoms with van der Waals surface area (Å²) in [6.45, 7) is 11.5. The fourth-order valence-corrected chi connectivity index (χ4v) is 3.26. The standard InChI is InChI=1S/C11H24N2S/c1-10(4-5-12)8-13-6-7-14-11(2,3)9-13/h10H,4-9,12H2,1-3H3. The maximum atomic E-state index is 5.57. The molecule has 0 aliphatic carbocycles. The van der Waals surface area contributed by atoms with Crippen molar-refractivity contribution in [2.45, 2.75) is 31.9 Å². The number of hydrogen-bond acceptors (Lipinski definition) is 3. The van der Waals surface area contributed by atoms with Crippen LogP contribution in [0.5, 0.6) is 0 Å². The van der Waals surface area contributed by atoms with Crippen molar-refractivity contribution < 1.29 is 0 Å². The van der Waals surface area contributed by atoms with E-state index >= 15 is 0 Å². The third-order valence-electron chi connectivity index (χ3n) is 2.73. The van der Waals surface area contributed by atoms with Gasteiger partial charge in [0.25, 0.3) is 0 Å². The van der Waals surface area contributed by atoms with Crippen molar-refractivity contribution in [2.24, 2.45) is 11.7 Å². The second-order valence-corrected chi connectivity index (χ2v) is 6.83. The van der Waals surface area contributed by atoms with Gasteiger partial charge in [-0.15, -0.1) is 0 Å². The second-order valence-electron chi connectivity index (χ2n) is 5.03. The highest BCUT2D eigenvalue weighted by Gasteiger charge is 2.27. The first kappa shape index (κ1) is 12.3. The first-order valence-corrected chi connectivity index (χ1v) is 6.58. The topological polar surface area (TPSA) is 29.3 Å². The summed E-state index contributed by atoms with van der Waals surface area (Å²) in [5.74, 6) is 2.03. The van der Waals surface area contributed by atoms with Gasteiger partial charge in [0.2, 0.25) is 0 Å². The molecule has 1 fully saturated rings. The second kappa shape index (κ2) is 5.38. The van der Waals surface area contributed by atoms with Gasteiger partial charge in [-0.3, -0.25) is 0 Å². The molecular formula is C11H24N2S. The zero-order valence-corrected chi connectivity index (χ0v) is 10.6. The molecule has 1 atom stereocenters. The average Bonchev–Trinajstić information content (AvgIpc) is 2.02. The van der Waals surface area contributed by atoms with Gasteiger partial charge in [-0.05, 0) is 32.7 Å². The Labute approximate surface area is 92.6 Å². The lowest BCUT2D eigenvalue weighted by atomic mass is 10.1. The van der Waals surface area contributed by atoms with E-state index in [0.717, 1.165) is 18.9 Å². The molecule has 1 heterocycles. The van der Waals surface area contributed by atoms with Crippen LogP contribution in [0.25, 0.3) is 0 Å². The lowest BCUT2D eigenvalue weighted by Crippen LogP contribution is -2.44. The molecule has 0 bridgehead atoms. The summed E-state index contributed by atoms with van der Waals surface area (Å²) in [6, 6.07) is 0. The summed E-state index contributed by atoms with van der Waals surface area (Å²) in [5.41, 5.74) is 5.57. The van der Waals surface area contributed by atoms with Crippen molar-refractivity contribution in [3.63, 3.8) is 0 Å². The summed E-state index contributed by atoms with van der Waals surface area (Å²) < 4.78 is 0.445. The maximum absolute atomic E-state index is 5.57. The largest absolute Gasteiger partial charge is 0.330 e. The van der Waals surface area contributed by atoms with Crippen LogP contribution in [-0.4, -0.2) is 41.6 Å². The van der Waals surface area contributed by atoms with Gasteiger partial charge >= 0.3 is 0 Å². The van der Waals surface area contributed by atoms with E-state index in [9.17, 15) is 0 Å². The summed E-state index contributed by atoms with van der Waals surface area (Å²) in [5, 5.41) is 0. The first-order valence-electron chi connectivity index (χ1n) is 5.60. The number of thioether (sulfide) groups is 1. The monoisotopic (exact) mass is 216 g/mol. The number of nitrogens with two attached hydrogens (primary N) is 1. The number of hydrogen-bond donors (Lipinski definition) is 1. The normalized spacial score (nSPS) is 24.9. The number of rotatable bonds is 4. The van der Waals surface area contributed by atoms with Gasteiger partial charge in [-0.25, -0.2) is 0 Å². The van der Waals surface area contributed by atoms with Gasteiger partial charge in [0, 0.05) is 30.1 Å². The smallest absolute Gasteiger partial charge is 0.0231 e. The van der Waals surface area contributed by atoms with Gasteiger partial charge < -0.3 is 10.6 Å². The fourth-order valence-electron chi connectivity index (χ4n) is 2.09. The molecule has 0 amide bonds. The Hall–Kier alpha value is 0.270. The van der Waals surface area contributed by atoms with Crippen LogP contribution in [0.2, 0.25) is 0 Å². The predicted molar refractivity (Wildman–Crippen MR) is 65.8 cm³/mol. The number of nitrogens with zero attached hydrogens (tertiary/aromatic N) is 1. The molecule has 1 aliphatic rings. The Kier molecular flexibility index (Phi) is 4.74. The van der Waals surface area contributed by atoms with Crippen LogP contribution >= 0.6 is 11.8 Å². The zero-order valence-electron chi connectivity index (χ0n) is 9.75. The minimum atomic E-state index is 0.445. The van der Waals surface area contributed by atoms with Gasteiger partial charge in [0.05, 0.1) is 0 Å². The lowest BCUT2D eigenvalue weighted by molar-refractivity contribution is 0.223. The van der Waals surface area contributed by atoms with E-state index in [2.05, 4.69) is 37.4 Å². The Morgan fingerprint density at radius 1 is 1.50 bits per heavy atom. The Morgan fingerprint density at radius 3 is 2.79 bits per heavy atom. The third kappa shape index (κ3) is 4.20. The van der Waals surface area contributed by atoms with Crippen LogP contribution in [-0.2, 0) is 0 Å². The quantitative estimate of drug-likeness (QED) is 0.777. The molecule has 0 saturated carbocycles. The van der Waals surface area contributed by atoms with Crippen molar-refractivity contribution >= 4 is 11.8 Å². The fraction of sp³-hybridized carbons (Fsp3) is 1.00. The molecule has 0 aromatic heterocycles. The summed E-state index contributed by atoms with van der Waals surface area (Å²) in [6.07, 6.45) is 1.16. The average molecular weight is 216 g/mol. The molecule has 14 heavy (non-hydrogen) atoms. The molecule has 1 saturated heterocycles. The van der Waals surface area contributed by atoms with Gasteiger partial charge in [-0.2, -0.15) is 11.8 Å². The molecule has 1 rings (SSSR count). The Balaban J connectivity index is 2.30. The van der Waals surface area contributed by atoms with Gasteiger partial charge in [0.15, 0.2) is 0 Å². The molecular weight excluding hydrogens is 192 g/mol. The van der Waals surface area contributed by atoms with Crippen LogP contribution in [0.3, 0.4) is 0 Å². The van der Waals surface area contributed by atoms with Crippen molar-refractivity contribution in [1.29, 1.82) is 0 Å². The van der Waals surface area contributed by atoms with Gasteiger partial charge in [0.1, 0.15) is 0 Å². The van der Waals surface area contributed by atoms with E-state index in [1.165, 1.54) is 25.4 Å². The Morgan fingerprint density at radius 2 is 2.21 bits per heavy atom. The predicted octanol–water partition coefficient (Wildman–Crippen LogP) is 1.80. The van der Waals surface area contributed by atoms with Gasteiger partial charge in [-0.1, -0.05) is 6.92 Å². The maximum Gasteiger partial charge on any atom is 0.0231 e. The zero-order chi connectivity index (χ0) is 10.6. The van der Waals surface area contributed by atoms with E-state index in [4.69, 9.17) is 5.73 Å². The molecule has 2 nitrogen and oxygen atoms in total. The molecule has 2 N–H and O–H groups in total. The molecule has 84 valence electrons. The van der Waals surface area contributed by atoms with Crippen LogP contribution in [0.15, 0.2) is 0 Å². The van der Waals surface area contributed by atoms with E-state index in [-0.39, 0.29) is 0 Å². The summed E-state index contributed by atoms with van der Waals surface area (Å²) in [7, 11) is 0. The molecule has 0 aromatic rings. The highest BCUT2D eigenvalue weighted by atomic mass is 32.2. The first-order chi connectivity index (χ1) is 6.53. The molecule has 0 aromatic carbocycles. The van der Waals surface area contributed by atoms with E-state index in [1.54, 1.807) is 0 Å². The molecule has 3 heteroatoms. The molecule has 1 aliphatic heterocycles.